The van der Waals surface area contributed by atoms with Gasteiger partial charge in [0, 0.05) is 61.8 Å². The highest BCUT2D eigenvalue weighted by Gasteiger charge is 2.26. The van der Waals surface area contributed by atoms with Crippen LogP contribution in [0.25, 0.3) is 10.9 Å². The van der Waals surface area contributed by atoms with Gasteiger partial charge in [0.1, 0.15) is 0 Å². The van der Waals surface area contributed by atoms with Crippen molar-refractivity contribution in [2.75, 3.05) is 32.7 Å². The van der Waals surface area contributed by atoms with Crippen LogP contribution in [-0.2, 0) is 14.8 Å². The van der Waals surface area contributed by atoms with Gasteiger partial charge in [-0.15, -0.1) is 0 Å². The topological polar surface area (TPSA) is 103 Å². The van der Waals surface area contributed by atoms with Gasteiger partial charge in [0.15, 0.2) is 0 Å². The van der Waals surface area contributed by atoms with Gasteiger partial charge >= 0.3 is 0 Å². The number of H-pyrrole nitrogens is 1. The molecule has 0 unspecified atom stereocenters. The van der Waals surface area contributed by atoms with Crippen molar-refractivity contribution in [2.45, 2.75) is 17.7 Å². The van der Waals surface area contributed by atoms with E-state index < -0.39 is 10.0 Å². The average Bonchev–Trinajstić information content (AvgIpc) is 3.27. The monoisotopic (exact) mass is 454 g/mol. The minimum Gasteiger partial charge on any atom is -0.361 e. The van der Waals surface area contributed by atoms with Crippen LogP contribution in [-0.4, -0.2) is 67.1 Å². The maximum Gasteiger partial charge on any atom is 0.254 e. The lowest BCUT2D eigenvalue weighted by Gasteiger charge is -2.25. The number of benzene rings is 2. The van der Waals surface area contributed by atoms with E-state index in [0.717, 1.165) is 10.9 Å². The second-order valence-electron chi connectivity index (χ2n) is 7.71. The van der Waals surface area contributed by atoms with Crippen molar-refractivity contribution in [1.29, 1.82) is 0 Å². The van der Waals surface area contributed by atoms with Crippen molar-refractivity contribution < 1.29 is 18.0 Å². The quantitative estimate of drug-likeness (QED) is 0.633. The SMILES string of the molecule is O=C1CCN(S(=O)(=O)c2ccccc2)CCCN(C(=O)c2cccc3[nH]ccc23)CCN1. The van der Waals surface area contributed by atoms with Crippen molar-refractivity contribution in [3.63, 3.8) is 0 Å². The Balaban J connectivity index is 1.55. The maximum absolute atomic E-state index is 13.3. The molecule has 1 aliphatic heterocycles. The molecule has 2 N–H and O–H groups in total. The van der Waals surface area contributed by atoms with Crippen molar-refractivity contribution in [1.82, 2.24) is 19.5 Å². The van der Waals surface area contributed by atoms with Crippen LogP contribution in [0.15, 0.2) is 65.7 Å². The van der Waals surface area contributed by atoms with Gasteiger partial charge in [0.25, 0.3) is 5.91 Å². The number of amides is 2. The Kier molecular flexibility index (Phi) is 6.57. The van der Waals surface area contributed by atoms with Crippen molar-refractivity contribution in [3.05, 3.63) is 66.4 Å². The molecule has 8 nitrogen and oxygen atoms in total. The Hall–Kier alpha value is -3.17. The number of carbonyl (C=O) groups is 2. The first-order chi connectivity index (χ1) is 15.5. The number of sulfonamides is 1. The van der Waals surface area contributed by atoms with E-state index in [1.807, 2.05) is 18.2 Å². The molecule has 2 heterocycles. The number of carbonyl (C=O) groups excluding carboxylic acids is 2. The summed E-state index contributed by atoms with van der Waals surface area (Å²) in [5, 5.41) is 3.64. The number of aromatic amines is 1. The Morgan fingerprint density at radius 3 is 2.53 bits per heavy atom. The van der Waals surface area contributed by atoms with Crippen molar-refractivity contribution in [3.8, 4) is 0 Å². The van der Waals surface area contributed by atoms with E-state index in [1.54, 1.807) is 47.5 Å². The minimum absolute atomic E-state index is 0.0721. The van der Waals surface area contributed by atoms with Crippen molar-refractivity contribution in [2.24, 2.45) is 0 Å². The average molecular weight is 455 g/mol. The number of fused-ring (bicyclic) bond motifs is 1. The summed E-state index contributed by atoms with van der Waals surface area (Å²) >= 11 is 0. The van der Waals surface area contributed by atoms with Gasteiger partial charge in [-0.05, 0) is 36.8 Å². The van der Waals surface area contributed by atoms with Gasteiger partial charge in [-0.2, -0.15) is 4.31 Å². The smallest absolute Gasteiger partial charge is 0.254 e. The van der Waals surface area contributed by atoms with E-state index in [-0.39, 0.29) is 36.2 Å². The number of rotatable bonds is 3. The lowest BCUT2D eigenvalue weighted by Crippen LogP contribution is -2.39. The van der Waals surface area contributed by atoms with Gasteiger partial charge in [0.05, 0.1) is 4.90 Å². The maximum atomic E-state index is 13.3. The molecule has 0 saturated carbocycles. The van der Waals surface area contributed by atoms with Gasteiger partial charge in [-0.1, -0.05) is 24.3 Å². The first-order valence-corrected chi connectivity index (χ1v) is 12.1. The molecule has 4 rings (SSSR count). The molecular formula is C23H26N4O4S. The van der Waals surface area contributed by atoms with Gasteiger partial charge in [-0.25, -0.2) is 8.42 Å². The molecule has 0 bridgehead atoms. The third-order valence-corrected chi connectivity index (χ3v) is 7.53. The van der Waals surface area contributed by atoms with E-state index in [9.17, 15) is 18.0 Å². The summed E-state index contributed by atoms with van der Waals surface area (Å²) in [7, 11) is -3.73. The van der Waals surface area contributed by atoms with Gasteiger partial charge in [-0.3, -0.25) is 9.59 Å². The third kappa shape index (κ3) is 4.68. The highest BCUT2D eigenvalue weighted by molar-refractivity contribution is 7.89. The second kappa shape index (κ2) is 9.54. The molecule has 3 aromatic rings. The van der Waals surface area contributed by atoms with Crippen LogP contribution in [0.2, 0.25) is 0 Å². The predicted molar refractivity (Wildman–Crippen MR) is 122 cm³/mol. The van der Waals surface area contributed by atoms with Crippen LogP contribution < -0.4 is 5.32 Å². The number of hydrogen-bond acceptors (Lipinski definition) is 4. The van der Waals surface area contributed by atoms with Crippen LogP contribution >= 0.6 is 0 Å². The molecule has 2 aromatic carbocycles. The van der Waals surface area contributed by atoms with E-state index in [1.165, 1.54) is 4.31 Å². The van der Waals surface area contributed by atoms with Gasteiger partial charge < -0.3 is 15.2 Å². The van der Waals surface area contributed by atoms with Crippen molar-refractivity contribution >= 4 is 32.7 Å². The molecule has 0 atom stereocenters. The molecule has 1 saturated heterocycles. The first-order valence-electron chi connectivity index (χ1n) is 10.6. The highest BCUT2D eigenvalue weighted by Crippen LogP contribution is 2.20. The third-order valence-electron chi connectivity index (χ3n) is 5.62. The van der Waals surface area contributed by atoms with Crippen LogP contribution in [0.4, 0.5) is 0 Å². The first kappa shape index (κ1) is 22.0. The van der Waals surface area contributed by atoms with E-state index in [2.05, 4.69) is 10.3 Å². The zero-order chi connectivity index (χ0) is 22.6. The Morgan fingerprint density at radius 2 is 1.72 bits per heavy atom. The molecule has 1 aromatic heterocycles. The molecule has 9 heteroatoms. The number of aromatic nitrogens is 1. The summed E-state index contributed by atoms with van der Waals surface area (Å²) in [5.41, 5.74) is 1.46. The highest BCUT2D eigenvalue weighted by atomic mass is 32.2. The summed E-state index contributed by atoms with van der Waals surface area (Å²) in [6, 6.07) is 15.6. The summed E-state index contributed by atoms with van der Waals surface area (Å²) in [5.74, 6) is -0.374. The van der Waals surface area contributed by atoms with E-state index >= 15 is 0 Å². The molecule has 0 radical (unpaired) electrons. The van der Waals surface area contributed by atoms with Crippen LogP contribution in [0.5, 0.6) is 0 Å². The summed E-state index contributed by atoms with van der Waals surface area (Å²) in [4.78, 5) is 30.6. The second-order valence-corrected chi connectivity index (χ2v) is 9.65. The summed E-state index contributed by atoms with van der Waals surface area (Å²) in [6.07, 6.45) is 2.33. The molecule has 2 amide bonds. The minimum atomic E-state index is -3.73. The Morgan fingerprint density at radius 1 is 0.906 bits per heavy atom. The zero-order valence-electron chi connectivity index (χ0n) is 17.7. The number of hydrogen-bond donors (Lipinski definition) is 2. The van der Waals surface area contributed by atoms with Crippen LogP contribution in [0.3, 0.4) is 0 Å². The lowest BCUT2D eigenvalue weighted by atomic mass is 10.1. The summed E-state index contributed by atoms with van der Waals surface area (Å²) in [6.45, 7) is 1.38. The molecule has 0 spiro atoms. The van der Waals surface area contributed by atoms with E-state index in [4.69, 9.17) is 0 Å². The standard InChI is InChI=1S/C23H26N4O4S/c28-22-11-16-27(32(30,31)18-6-2-1-3-7-18)15-5-14-26(17-13-25-22)23(29)20-8-4-9-21-19(20)10-12-24-21/h1-4,6-10,12,24H,5,11,13-17H2,(H,25,28). The lowest BCUT2D eigenvalue weighted by molar-refractivity contribution is -0.121. The zero-order valence-corrected chi connectivity index (χ0v) is 18.5. The normalized spacial score (nSPS) is 17.0. The van der Waals surface area contributed by atoms with Crippen LogP contribution in [0.1, 0.15) is 23.2 Å². The molecule has 1 aliphatic rings. The van der Waals surface area contributed by atoms with E-state index in [0.29, 0.717) is 31.6 Å². The molecule has 168 valence electrons. The van der Waals surface area contributed by atoms with Crippen LogP contribution in [0, 0.1) is 0 Å². The predicted octanol–water partition coefficient (Wildman–Crippen LogP) is 2.21. The number of nitrogens with zero attached hydrogens (tertiary/aromatic N) is 2. The molecule has 1 fully saturated rings. The fourth-order valence-corrected chi connectivity index (χ4v) is 5.43. The molecule has 32 heavy (non-hydrogen) atoms. The fraction of sp³-hybridized carbons (Fsp3) is 0.304. The summed E-state index contributed by atoms with van der Waals surface area (Å²) < 4.78 is 27.6. The molecule has 0 aliphatic carbocycles. The Bertz CT molecular complexity index is 1210. The Labute approximate surface area is 187 Å². The largest absolute Gasteiger partial charge is 0.361 e. The number of nitrogens with one attached hydrogen (secondary N) is 2. The molecular weight excluding hydrogens is 428 g/mol. The fourth-order valence-electron chi connectivity index (χ4n) is 3.93. The van der Waals surface area contributed by atoms with Gasteiger partial charge in [0.2, 0.25) is 15.9 Å².